The number of hydrogen-bond acceptors (Lipinski definition) is 4. The average Bonchev–Trinajstić information content (AvgIpc) is 2.38. The molecule has 1 heterocycles. The second kappa shape index (κ2) is 5.59. The lowest BCUT2D eigenvalue weighted by atomic mass is 9.81. The summed E-state index contributed by atoms with van der Waals surface area (Å²) in [7, 11) is -2.96. The molecule has 0 aromatic carbocycles. The molecule has 2 rings (SSSR count). The van der Waals surface area contributed by atoms with E-state index in [-0.39, 0.29) is 17.2 Å². The van der Waals surface area contributed by atoms with E-state index in [4.69, 9.17) is 5.73 Å². The van der Waals surface area contributed by atoms with Gasteiger partial charge in [-0.1, -0.05) is 6.42 Å². The highest BCUT2D eigenvalue weighted by atomic mass is 32.2. The molecule has 3 unspecified atom stereocenters. The van der Waals surface area contributed by atoms with Gasteiger partial charge in [-0.15, -0.1) is 0 Å². The molecule has 5 heteroatoms. The molecular formula is C14H22N2O2S. The van der Waals surface area contributed by atoms with Gasteiger partial charge in [0.15, 0.2) is 0 Å². The molecule has 1 aliphatic carbocycles. The quantitative estimate of drug-likeness (QED) is 0.920. The molecular weight excluding hydrogens is 260 g/mol. The lowest BCUT2D eigenvalue weighted by Crippen LogP contribution is -2.33. The summed E-state index contributed by atoms with van der Waals surface area (Å²) in [6.45, 7) is 2.02. The fourth-order valence-corrected chi connectivity index (χ4v) is 4.17. The Morgan fingerprint density at radius 3 is 2.79 bits per heavy atom. The number of aromatic nitrogens is 1. The summed E-state index contributed by atoms with van der Waals surface area (Å²) in [6.07, 6.45) is 8.29. The van der Waals surface area contributed by atoms with Gasteiger partial charge < -0.3 is 5.73 Å². The first kappa shape index (κ1) is 14.5. The maximum absolute atomic E-state index is 11.7. The lowest BCUT2D eigenvalue weighted by Gasteiger charge is -2.32. The summed E-state index contributed by atoms with van der Waals surface area (Å²) in [6, 6.07) is 1.84. The van der Waals surface area contributed by atoms with Crippen molar-refractivity contribution in [1.29, 1.82) is 0 Å². The van der Waals surface area contributed by atoms with Crippen LogP contribution in [-0.2, 0) is 9.84 Å². The molecule has 2 N–H and O–H groups in total. The monoisotopic (exact) mass is 282 g/mol. The van der Waals surface area contributed by atoms with E-state index in [1.807, 2.05) is 19.2 Å². The summed E-state index contributed by atoms with van der Waals surface area (Å²) in [4.78, 5) is 4.13. The van der Waals surface area contributed by atoms with Gasteiger partial charge >= 0.3 is 0 Å². The molecule has 0 spiro atoms. The zero-order valence-corrected chi connectivity index (χ0v) is 12.4. The van der Waals surface area contributed by atoms with Gasteiger partial charge in [0.1, 0.15) is 9.84 Å². The minimum atomic E-state index is -2.96. The third kappa shape index (κ3) is 3.34. The molecule has 1 saturated carbocycles. The van der Waals surface area contributed by atoms with Crippen LogP contribution in [0.4, 0.5) is 0 Å². The van der Waals surface area contributed by atoms with E-state index in [1.54, 1.807) is 6.20 Å². The summed E-state index contributed by atoms with van der Waals surface area (Å²) in [5, 5.41) is -0.228. The fraction of sp³-hybridized carbons (Fsp3) is 0.643. The Hall–Kier alpha value is -0.940. The van der Waals surface area contributed by atoms with Crippen molar-refractivity contribution in [3.8, 4) is 0 Å². The number of hydrogen-bond donors (Lipinski definition) is 1. The predicted molar refractivity (Wildman–Crippen MR) is 76.5 cm³/mol. The van der Waals surface area contributed by atoms with Crippen molar-refractivity contribution in [3.63, 3.8) is 0 Å². The van der Waals surface area contributed by atoms with Gasteiger partial charge in [-0.25, -0.2) is 8.42 Å². The maximum atomic E-state index is 11.7. The second-order valence-corrected chi connectivity index (χ2v) is 7.96. The predicted octanol–water partition coefficient (Wildman–Crippen LogP) is 1.99. The summed E-state index contributed by atoms with van der Waals surface area (Å²) >= 11 is 0. The Kier molecular flexibility index (Phi) is 4.26. The number of nitrogens with two attached hydrogens (primary N) is 1. The van der Waals surface area contributed by atoms with E-state index in [9.17, 15) is 8.42 Å². The number of rotatable bonds is 3. The van der Waals surface area contributed by atoms with Crippen LogP contribution in [0.1, 0.15) is 42.9 Å². The molecule has 1 aromatic heterocycles. The molecule has 1 aliphatic rings. The van der Waals surface area contributed by atoms with Crippen LogP contribution in [0.2, 0.25) is 0 Å². The normalized spacial score (nSPS) is 26.1. The summed E-state index contributed by atoms with van der Waals surface area (Å²) < 4.78 is 23.4. The topological polar surface area (TPSA) is 73.0 Å². The second-order valence-electron chi connectivity index (χ2n) is 5.64. The highest BCUT2D eigenvalue weighted by molar-refractivity contribution is 7.91. The number of sulfone groups is 1. The lowest BCUT2D eigenvalue weighted by molar-refractivity contribution is 0.308. The Morgan fingerprint density at radius 2 is 2.16 bits per heavy atom. The van der Waals surface area contributed by atoms with Crippen molar-refractivity contribution in [2.75, 3.05) is 6.26 Å². The van der Waals surface area contributed by atoms with E-state index in [0.717, 1.165) is 30.4 Å². The number of pyridine rings is 1. The molecule has 0 radical (unpaired) electrons. The number of aryl methyl sites for hydroxylation is 1. The highest BCUT2D eigenvalue weighted by Crippen LogP contribution is 2.36. The largest absolute Gasteiger partial charge is 0.324 e. The van der Waals surface area contributed by atoms with Crippen LogP contribution in [0.5, 0.6) is 0 Å². The van der Waals surface area contributed by atoms with Crippen LogP contribution in [0.15, 0.2) is 18.5 Å². The molecule has 0 saturated heterocycles. The molecule has 1 aromatic rings. The van der Waals surface area contributed by atoms with Gasteiger partial charge in [0.2, 0.25) is 0 Å². The van der Waals surface area contributed by atoms with Crippen molar-refractivity contribution in [2.24, 2.45) is 11.7 Å². The van der Waals surface area contributed by atoms with Gasteiger partial charge in [0.25, 0.3) is 0 Å². The van der Waals surface area contributed by atoms with Gasteiger partial charge in [-0.3, -0.25) is 4.98 Å². The highest BCUT2D eigenvalue weighted by Gasteiger charge is 2.32. The zero-order chi connectivity index (χ0) is 14.0. The van der Waals surface area contributed by atoms with E-state index in [1.165, 1.54) is 6.26 Å². The molecule has 1 fully saturated rings. The molecule has 106 valence electrons. The molecule has 4 nitrogen and oxygen atoms in total. The van der Waals surface area contributed by atoms with Gasteiger partial charge in [0, 0.05) is 24.7 Å². The van der Waals surface area contributed by atoms with Crippen LogP contribution < -0.4 is 5.73 Å². The Bertz CT molecular complexity index is 542. The van der Waals surface area contributed by atoms with Crippen LogP contribution in [0.3, 0.4) is 0 Å². The van der Waals surface area contributed by atoms with Crippen LogP contribution in [-0.4, -0.2) is 24.9 Å². The minimum absolute atomic E-state index is 0.113. The van der Waals surface area contributed by atoms with Gasteiger partial charge in [-0.05, 0) is 49.3 Å². The van der Waals surface area contributed by atoms with E-state index < -0.39 is 9.84 Å². The molecule has 3 atom stereocenters. The fourth-order valence-electron chi connectivity index (χ4n) is 2.98. The molecule has 0 aliphatic heterocycles. The SMILES string of the molecule is Cc1ccncc1C(N)C1CCCC(S(C)(=O)=O)C1. The van der Waals surface area contributed by atoms with E-state index >= 15 is 0 Å². The Labute approximate surface area is 115 Å². The van der Waals surface area contributed by atoms with Crippen LogP contribution >= 0.6 is 0 Å². The van der Waals surface area contributed by atoms with Gasteiger partial charge in [-0.2, -0.15) is 0 Å². The number of nitrogens with zero attached hydrogens (tertiary/aromatic N) is 1. The van der Waals surface area contributed by atoms with E-state index in [0.29, 0.717) is 6.42 Å². The van der Waals surface area contributed by atoms with Gasteiger partial charge in [0.05, 0.1) is 5.25 Å². The smallest absolute Gasteiger partial charge is 0.150 e. The Morgan fingerprint density at radius 1 is 1.42 bits per heavy atom. The van der Waals surface area contributed by atoms with Crippen molar-refractivity contribution in [3.05, 3.63) is 29.6 Å². The van der Waals surface area contributed by atoms with E-state index in [2.05, 4.69) is 4.98 Å². The van der Waals surface area contributed by atoms with Crippen molar-refractivity contribution in [2.45, 2.75) is 43.9 Å². The van der Waals surface area contributed by atoms with Crippen LogP contribution in [0, 0.1) is 12.8 Å². The van der Waals surface area contributed by atoms with Crippen molar-refractivity contribution in [1.82, 2.24) is 4.98 Å². The first-order valence-corrected chi connectivity index (χ1v) is 8.70. The maximum Gasteiger partial charge on any atom is 0.150 e. The average molecular weight is 282 g/mol. The summed E-state index contributed by atoms with van der Waals surface area (Å²) in [5.41, 5.74) is 8.51. The molecule has 19 heavy (non-hydrogen) atoms. The van der Waals surface area contributed by atoms with Crippen molar-refractivity contribution >= 4 is 9.84 Å². The third-order valence-corrected chi connectivity index (χ3v) is 5.86. The summed E-state index contributed by atoms with van der Waals surface area (Å²) in [5.74, 6) is 0.233. The molecule has 0 amide bonds. The first-order valence-electron chi connectivity index (χ1n) is 6.74. The first-order chi connectivity index (χ1) is 8.89. The zero-order valence-electron chi connectivity index (χ0n) is 11.5. The standard InChI is InChI=1S/C14H22N2O2S/c1-10-6-7-16-9-13(10)14(15)11-4-3-5-12(8-11)19(2,17)18/h6-7,9,11-12,14H,3-5,8,15H2,1-2H3. The Balaban J connectivity index is 2.16. The minimum Gasteiger partial charge on any atom is -0.324 e. The third-order valence-electron chi connectivity index (χ3n) is 4.22. The van der Waals surface area contributed by atoms with Crippen LogP contribution in [0.25, 0.3) is 0 Å². The molecule has 0 bridgehead atoms. The van der Waals surface area contributed by atoms with Crippen molar-refractivity contribution < 1.29 is 8.42 Å².